The summed E-state index contributed by atoms with van der Waals surface area (Å²) >= 11 is 5.80. The average Bonchev–Trinajstić information content (AvgIpc) is 2.50. The second-order valence-electron chi connectivity index (χ2n) is 4.47. The van der Waals surface area contributed by atoms with E-state index in [9.17, 15) is 9.59 Å². The molecule has 0 fully saturated rings. The monoisotopic (exact) mass is 318 g/mol. The van der Waals surface area contributed by atoms with Gasteiger partial charge in [0.05, 0.1) is 0 Å². The van der Waals surface area contributed by atoms with Crippen LogP contribution in [0.4, 0.5) is 10.5 Å². The molecule has 5 N–H and O–H groups in total. The molecule has 0 aliphatic rings. The van der Waals surface area contributed by atoms with Crippen molar-refractivity contribution in [2.45, 2.75) is 6.04 Å². The number of hydrogen-bond acceptors (Lipinski definition) is 3. The highest BCUT2D eigenvalue weighted by atomic mass is 35.5. The first-order valence-corrected chi connectivity index (χ1v) is 6.86. The second-order valence-corrected chi connectivity index (χ2v) is 4.91. The van der Waals surface area contributed by atoms with Crippen molar-refractivity contribution in [2.24, 2.45) is 5.73 Å². The Balaban J connectivity index is 2.14. The molecule has 0 spiro atoms. The molecule has 0 bridgehead atoms. The molecule has 0 radical (unpaired) electrons. The number of benzene rings is 2. The molecule has 114 valence electrons. The van der Waals surface area contributed by atoms with E-state index < -0.39 is 12.1 Å². The normalized spacial score (nSPS) is 11.5. The van der Waals surface area contributed by atoms with Crippen LogP contribution in [0.15, 0.2) is 54.6 Å². The van der Waals surface area contributed by atoms with Gasteiger partial charge in [-0.1, -0.05) is 41.9 Å². The molecule has 6 nitrogen and oxygen atoms in total. The molecule has 0 aliphatic carbocycles. The van der Waals surface area contributed by atoms with Crippen LogP contribution in [0.2, 0.25) is 5.02 Å². The maximum atomic E-state index is 12.4. The summed E-state index contributed by atoms with van der Waals surface area (Å²) in [5.74, 6) is -0.345. The van der Waals surface area contributed by atoms with Crippen LogP contribution < -0.4 is 21.9 Å². The molecule has 2 aromatic rings. The number of amides is 3. The zero-order chi connectivity index (χ0) is 15.9. The summed E-state index contributed by atoms with van der Waals surface area (Å²) in [4.78, 5) is 23.3. The molecule has 0 unspecified atom stereocenters. The number of nitrogens with two attached hydrogens (primary N) is 1. The van der Waals surface area contributed by atoms with E-state index in [0.717, 1.165) is 0 Å². The molecule has 0 heterocycles. The number of hydrogen-bond donors (Lipinski definition) is 4. The maximum Gasteiger partial charge on any atom is 0.326 e. The van der Waals surface area contributed by atoms with Crippen LogP contribution >= 0.6 is 11.6 Å². The number of carbonyl (C=O) groups is 2. The predicted molar refractivity (Wildman–Crippen MR) is 85.1 cm³/mol. The number of rotatable bonds is 5. The lowest BCUT2D eigenvalue weighted by Crippen LogP contribution is -2.46. The maximum absolute atomic E-state index is 12.4. The highest BCUT2D eigenvalue weighted by Crippen LogP contribution is 2.17. The fraction of sp³-hybridized carbons (Fsp3) is 0.0667. The number of hydrazine groups is 1. The molecule has 22 heavy (non-hydrogen) atoms. The SMILES string of the molecule is NC(=O)NN[C@H](C(=O)Nc1ccc(Cl)cc1)c1ccccc1. The van der Waals surface area contributed by atoms with Crippen molar-refractivity contribution in [1.29, 1.82) is 0 Å². The van der Waals surface area contributed by atoms with Gasteiger partial charge in [0.1, 0.15) is 6.04 Å². The number of halogens is 1. The van der Waals surface area contributed by atoms with Crippen LogP contribution in [0.5, 0.6) is 0 Å². The molecule has 2 aromatic carbocycles. The zero-order valence-electron chi connectivity index (χ0n) is 11.5. The summed E-state index contributed by atoms with van der Waals surface area (Å²) in [6.07, 6.45) is 0. The summed E-state index contributed by atoms with van der Waals surface area (Å²) in [5, 5.41) is 3.31. The minimum atomic E-state index is -0.788. The Morgan fingerprint density at radius 3 is 2.23 bits per heavy atom. The van der Waals surface area contributed by atoms with Crippen molar-refractivity contribution in [3.63, 3.8) is 0 Å². The van der Waals surface area contributed by atoms with Crippen molar-refractivity contribution in [1.82, 2.24) is 10.9 Å². The highest BCUT2D eigenvalue weighted by Gasteiger charge is 2.20. The van der Waals surface area contributed by atoms with Crippen LogP contribution in [0.3, 0.4) is 0 Å². The number of nitrogens with one attached hydrogen (secondary N) is 3. The minimum absolute atomic E-state index is 0.345. The molecule has 7 heteroatoms. The van der Waals surface area contributed by atoms with Crippen molar-refractivity contribution >= 4 is 29.2 Å². The molecule has 0 aromatic heterocycles. The van der Waals surface area contributed by atoms with Gasteiger partial charge in [-0.25, -0.2) is 10.2 Å². The third kappa shape index (κ3) is 4.47. The molecule has 1 atom stereocenters. The largest absolute Gasteiger partial charge is 0.351 e. The zero-order valence-corrected chi connectivity index (χ0v) is 12.3. The fourth-order valence-corrected chi connectivity index (χ4v) is 1.96. The lowest BCUT2D eigenvalue weighted by Gasteiger charge is -2.18. The van der Waals surface area contributed by atoms with Gasteiger partial charge < -0.3 is 11.1 Å². The molecular formula is C15H15ClN4O2. The lowest BCUT2D eigenvalue weighted by atomic mass is 10.1. The lowest BCUT2D eigenvalue weighted by molar-refractivity contribution is -0.118. The van der Waals surface area contributed by atoms with Crippen LogP contribution in [0.25, 0.3) is 0 Å². The van der Waals surface area contributed by atoms with Crippen molar-refractivity contribution in [3.05, 3.63) is 65.2 Å². The predicted octanol–water partition coefficient (Wildman–Crippen LogP) is 2.19. The van der Waals surface area contributed by atoms with Crippen molar-refractivity contribution in [3.8, 4) is 0 Å². The minimum Gasteiger partial charge on any atom is -0.351 e. The summed E-state index contributed by atoms with van der Waals surface area (Å²) in [7, 11) is 0. The Bertz CT molecular complexity index is 646. The smallest absolute Gasteiger partial charge is 0.326 e. The van der Waals surface area contributed by atoms with Gasteiger partial charge >= 0.3 is 6.03 Å². The van der Waals surface area contributed by atoms with Gasteiger partial charge in [-0.2, -0.15) is 0 Å². The Morgan fingerprint density at radius 2 is 1.64 bits per heavy atom. The Labute approximate surface area is 132 Å². The summed E-state index contributed by atoms with van der Waals surface area (Å²) in [6, 6.07) is 14.1. The number of carbonyl (C=O) groups excluding carboxylic acids is 2. The number of anilines is 1. The number of urea groups is 1. The Hall–Kier alpha value is -2.57. The molecule has 0 saturated carbocycles. The van der Waals surface area contributed by atoms with E-state index in [4.69, 9.17) is 17.3 Å². The topological polar surface area (TPSA) is 96.2 Å². The van der Waals surface area contributed by atoms with E-state index in [1.807, 2.05) is 6.07 Å². The first kappa shape index (κ1) is 15.8. The first-order chi connectivity index (χ1) is 10.6. The van der Waals surface area contributed by atoms with E-state index in [0.29, 0.717) is 16.3 Å². The van der Waals surface area contributed by atoms with Crippen LogP contribution in [-0.4, -0.2) is 11.9 Å². The van der Waals surface area contributed by atoms with E-state index in [2.05, 4.69) is 16.2 Å². The van der Waals surface area contributed by atoms with E-state index >= 15 is 0 Å². The van der Waals surface area contributed by atoms with Gasteiger partial charge in [-0.05, 0) is 29.8 Å². The molecule has 2 rings (SSSR count). The molecular weight excluding hydrogens is 304 g/mol. The van der Waals surface area contributed by atoms with Crippen LogP contribution in [0.1, 0.15) is 11.6 Å². The summed E-state index contributed by atoms with van der Waals surface area (Å²) < 4.78 is 0. The van der Waals surface area contributed by atoms with Gasteiger partial charge in [0.15, 0.2) is 0 Å². The van der Waals surface area contributed by atoms with Gasteiger partial charge in [0, 0.05) is 10.7 Å². The van der Waals surface area contributed by atoms with Gasteiger partial charge in [0.2, 0.25) is 5.91 Å². The first-order valence-electron chi connectivity index (χ1n) is 6.48. The number of primary amides is 1. The second kappa shape index (κ2) is 7.44. The van der Waals surface area contributed by atoms with E-state index in [-0.39, 0.29) is 5.91 Å². The quantitative estimate of drug-likeness (QED) is 0.636. The van der Waals surface area contributed by atoms with Gasteiger partial charge in [0.25, 0.3) is 0 Å². The van der Waals surface area contributed by atoms with Crippen molar-refractivity contribution in [2.75, 3.05) is 5.32 Å². The third-order valence-electron chi connectivity index (χ3n) is 2.85. The highest BCUT2D eigenvalue weighted by molar-refractivity contribution is 6.30. The van der Waals surface area contributed by atoms with Crippen LogP contribution in [0, 0.1) is 0 Å². The average molecular weight is 319 g/mol. The van der Waals surface area contributed by atoms with Gasteiger partial charge in [-0.3, -0.25) is 10.2 Å². The summed E-state index contributed by atoms with van der Waals surface area (Å²) in [5.41, 5.74) is 11.1. The van der Waals surface area contributed by atoms with Gasteiger partial charge in [-0.15, -0.1) is 0 Å². The molecule has 3 amide bonds. The standard InChI is InChI=1S/C15H15ClN4O2/c16-11-6-8-12(9-7-11)18-14(21)13(19-20-15(17)22)10-4-2-1-3-5-10/h1-9,13,19H,(H,18,21)(H3,17,20,22)/t13-/m0/s1. The Morgan fingerprint density at radius 1 is 1.00 bits per heavy atom. The third-order valence-corrected chi connectivity index (χ3v) is 3.10. The summed E-state index contributed by atoms with van der Waals surface area (Å²) in [6.45, 7) is 0. The van der Waals surface area contributed by atoms with Crippen LogP contribution in [-0.2, 0) is 4.79 Å². The van der Waals surface area contributed by atoms with E-state index in [1.165, 1.54) is 0 Å². The molecule has 0 saturated heterocycles. The Kier molecular flexibility index (Phi) is 5.35. The fourth-order valence-electron chi connectivity index (χ4n) is 1.84. The van der Waals surface area contributed by atoms with E-state index in [1.54, 1.807) is 48.5 Å². The van der Waals surface area contributed by atoms with Crippen molar-refractivity contribution < 1.29 is 9.59 Å². The molecule has 0 aliphatic heterocycles.